The second kappa shape index (κ2) is 7.04. The molecule has 23 heavy (non-hydrogen) atoms. The largest absolute Gasteiger partial charge is 0.444 e. The number of likely N-dealkylation sites (tertiary alicyclic amines) is 1. The average Bonchev–Trinajstić information content (AvgIpc) is 2.96. The highest BCUT2D eigenvalue weighted by Gasteiger charge is 2.32. The first-order valence-corrected chi connectivity index (χ1v) is 7.73. The van der Waals surface area contributed by atoms with Crippen LogP contribution in [0.4, 0.5) is 4.79 Å². The summed E-state index contributed by atoms with van der Waals surface area (Å²) in [6.45, 7) is 7.02. The molecular weight excluding hydrogens is 296 g/mol. The maximum atomic E-state index is 12.2. The minimum atomic E-state index is -0.497. The van der Waals surface area contributed by atoms with Crippen LogP contribution in [-0.4, -0.2) is 70.0 Å². The second-order valence-electron chi connectivity index (χ2n) is 6.80. The third-order valence-electron chi connectivity index (χ3n) is 3.68. The van der Waals surface area contributed by atoms with Gasteiger partial charge in [-0.15, -0.1) is 0 Å². The molecule has 0 N–H and O–H groups in total. The Morgan fingerprint density at radius 1 is 1.39 bits per heavy atom. The lowest BCUT2D eigenvalue weighted by Crippen LogP contribution is -2.40. The quantitative estimate of drug-likeness (QED) is 0.784. The molecule has 1 aliphatic rings. The van der Waals surface area contributed by atoms with E-state index >= 15 is 0 Å². The summed E-state index contributed by atoms with van der Waals surface area (Å²) in [6, 6.07) is 0.142. The van der Waals surface area contributed by atoms with E-state index < -0.39 is 5.60 Å². The van der Waals surface area contributed by atoms with Crippen LogP contribution in [0.1, 0.15) is 37.7 Å². The van der Waals surface area contributed by atoms with Gasteiger partial charge < -0.3 is 9.64 Å². The third-order valence-corrected chi connectivity index (χ3v) is 3.68. The Kier molecular flexibility index (Phi) is 5.30. The fraction of sp³-hybridized carbons (Fsp3) is 0.625. The molecule has 0 spiro atoms. The van der Waals surface area contributed by atoms with E-state index in [-0.39, 0.29) is 24.5 Å². The molecule has 1 aromatic rings. The summed E-state index contributed by atoms with van der Waals surface area (Å²) in [7, 11) is 1.89. The molecule has 0 aliphatic carbocycles. The summed E-state index contributed by atoms with van der Waals surface area (Å²) in [4.78, 5) is 35.8. The van der Waals surface area contributed by atoms with Gasteiger partial charge in [0.1, 0.15) is 11.3 Å². The first-order chi connectivity index (χ1) is 10.8. The van der Waals surface area contributed by atoms with Crippen molar-refractivity contribution in [3.05, 3.63) is 24.3 Å². The molecule has 1 atom stereocenters. The van der Waals surface area contributed by atoms with E-state index in [0.29, 0.717) is 18.8 Å². The molecule has 1 aliphatic heterocycles. The lowest BCUT2D eigenvalue weighted by Gasteiger charge is -2.26. The third kappa shape index (κ3) is 4.99. The number of amides is 1. The van der Waals surface area contributed by atoms with Crippen LogP contribution in [-0.2, 0) is 4.74 Å². The van der Waals surface area contributed by atoms with Crippen molar-refractivity contribution >= 4 is 11.9 Å². The van der Waals surface area contributed by atoms with Gasteiger partial charge in [-0.05, 0) is 34.2 Å². The minimum Gasteiger partial charge on any atom is -0.444 e. The van der Waals surface area contributed by atoms with E-state index in [1.807, 2.05) is 32.7 Å². The van der Waals surface area contributed by atoms with Gasteiger partial charge in [-0.3, -0.25) is 14.7 Å². The molecule has 1 saturated heterocycles. The van der Waals surface area contributed by atoms with Gasteiger partial charge in [0, 0.05) is 31.5 Å². The number of Topliss-reactive ketones (excluding diaryl/α,β-unsaturated/α-hetero) is 1. The Labute approximate surface area is 136 Å². The molecule has 1 unspecified atom stereocenters. The Hall–Kier alpha value is -2.02. The summed E-state index contributed by atoms with van der Waals surface area (Å²) in [5, 5.41) is 0. The summed E-state index contributed by atoms with van der Waals surface area (Å²) >= 11 is 0. The monoisotopic (exact) mass is 320 g/mol. The Morgan fingerprint density at radius 3 is 2.74 bits per heavy atom. The SMILES string of the molecule is CN(CC(=O)c1cnccn1)C1CCN(C(=O)OC(C)(C)C)C1. The van der Waals surface area contributed by atoms with Crippen molar-refractivity contribution in [2.45, 2.75) is 38.8 Å². The minimum absolute atomic E-state index is 0.0729. The van der Waals surface area contributed by atoms with Gasteiger partial charge in [0.25, 0.3) is 0 Å². The van der Waals surface area contributed by atoms with Crippen LogP contribution in [0.3, 0.4) is 0 Å². The molecule has 1 aromatic heterocycles. The molecule has 1 fully saturated rings. The number of rotatable bonds is 4. The maximum Gasteiger partial charge on any atom is 0.410 e. The lowest BCUT2D eigenvalue weighted by atomic mass is 10.2. The van der Waals surface area contributed by atoms with Crippen molar-refractivity contribution in [1.29, 1.82) is 0 Å². The summed E-state index contributed by atoms with van der Waals surface area (Å²) in [6.07, 6.45) is 5.04. The van der Waals surface area contributed by atoms with Crippen molar-refractivity contribution in [2.75, 3.05) is 26.7 Å². The van der Waals surface area contributed by atoms with E-state index in [1.165, 1.54) is 18.6 Å². The first kappa shape index (κ1) is 17.3. The average molecular weight is 320 g/mol. The fourth-order valence-corrected chi connectivity index (χ4v) is 2.47. The molecule has 7 heteroatoms. The molecular formula is C16H24N4O3. The van der Waals surface area contributed by atoms with Crippen molar-refractivity contribution in [3.8, 4) is 0 Å². The number of nitrogens with zero attached hydrogens (tertiary/aromatic N) is 4. The fourth-order valence-electron chi connectivity index (χ4n) is 2.47. The number of aromatic nitrogens is 2. The van der Waals surface area contributed by atoms with Crippen LogP contribution >= 0.6 is 0 Å². The number of likely N-dealkylation sites (N-methyl/N-ethyl adjacent to an activating group) is 1. The van der Waals surface area contributed by atoms with E-state index in [9.17, 15) is 9.59 Å². The van der Waals surface area contributed by atoms with Crippen LogP contribution < -0.4 is 0 Å². The summed E-state index contributed by atoms with van der Waals surface area (Å²) in [5.41, 5.74) is -0.135. The second-order valence-corrected chi connectivity index (χ2v) is 6.80. The Bertz CT molecular complexity index is 556. The van der Waals surface area contributed by atoms with Gasteiger partial charge in [-0.1, -0.05) is 0 Å². The van der Waals surface area contributed by atoms with Gasteiger partial charge in [-0.25, -0.2) is 9.78 Å². The zero-order valence-electron chi connectivity index (χ0n) is 14.2. The van der Waals surface area contributed by atoms with Gasteiger partial charge in [0.2, 0.25) is 0 Å². The zero-order chi connectivity index (χ0) is 17.0. The van der Waals surface area contributed by atoms with Crippen molar-refractivity contribution < 1.29 is 14.3 Å². The smallest absolute Gasteiger partial charge is 0.410 e. The summed E-state index contributed by atoms with van der Waals surface area (Å²) in [5.74, 6) is -0.0729. The number of ether oxygens (including phenoxy) is 1. The van der Waals surface area contributed by atoms with Gasteiger partial charge in [0.15, 0.2) is 5.78 Å². The molecule has 2 rings (SSSR count). The zero-order valence-corrected chi connectivity index (χ0v) is 14.2. The van der Waals surface area contributed by atoms with Crippen molar-refractivity contribution in [3.63, 3.8) is 0 Å². The molecule has 0 radical (unpaired) electrons. The van der Waals surface area contributed by atoms with Crippen LogP contribution in [0.15, 0.2) is 18.6 Å². The van der Waals surface area contributed by atoms with E-state index in [4.69, 9.17) is 4.74 Å². The van der Waals surface area contributed by atoms with Crippen LogP contribution in [0.5, 0.6) is 0 Å². The predicted octanol–water partition coefficient (Wildman–Crippen LogP) is 1.60. The highest BCUT2D eigenvalue weighted by Crippen LogP contribution is 2.18. The number of hydrogen-bond acceptors (Lipinski definition) is 6. The normalized spacial score (nSPS) is 18.3. The molecule has 7 nitrogen and oxygen atoms in total. The topological polar surface area (TPSA) is 75.6 Å². The Balaban J connectivity index is 1.86. The molecule has 0 bridgehead atoms. The van der Waals surface area contributed by atoms with Crippen molar-refractivity contribution in [2.24, 2.45) is 0 Å². The number of carbonyl (C=O) groups excluding carboxylic acids is 2. The maximum absolute atomic E-state index is 12.2. The van der Waals surface area contributed by atoms with Crippen LogP contribution in [0, 0.1) is 0 Å². The van der Waals surface area contributed by atoms with Gasteiger partial charge in [0.05, 0.1) is 12.7 Å². The molecule has 1 amide bonds. The molecule has 2 heterocycles. The highest BCUT2D eigenvalue weighted by molar-refractivity contribution is 5.95. The molecule has 0 aromatic carbocycles. The van der Waals surface area contributed by atoms with Crippen LogP contribution in [0.2, 0.25) is 0 Å². The highest BCUT2D eigenvalue weighted by atomic mass is 16.6. The van der Waals surface area contributed by atoms with E-state index in [2.05, 4.69) is 9.97 Å². The van der Waals surface area contributed by atoms with Gasteiger partial charge in [-0.2, -0.15) is 0 Å². The number of ketones is 1. The van der Waals surface area contributed by atoms with E-state index in [1.54, 1.807) is 4.90 Å². The van der Waals surface area contributed by atoms with Gasteiger partial charge >= 0.3 is 6.09 Å². The lowest BCUT2D eigenvalue weighted by molar-refractivity contribution is 0.0283. The number of carbonyl (C=O) groups is 2. The Morgan fingerprint density at radius 2 is 2.13 bits per heavy atom. The first-order valence-electron chi connectivity index (χ1n) is 7.73. The summed E-state index contributed by atoms with van der Waals surface area (Å²) < 4.78 is 5.38. The molecule has 126 valence electrons. The molecule has 0 saturated carbocycles. The van der Waals surface area contributed by atoms with Crippen molar-refractivity contribution in [1.82, 2.24) is 19.8 Å². The standard InChI is InChI=1S/C16H24N4O3/c1-16(2,3)23-15(22)20-8-5-12(10-20)19(4)11-14(21)13-9-17-6-7-18-13/h6-7,9,12H,5,8,10-11H2,1-4H3. The van der Waals surface area contributed by atoms with Crippen LogP contribution in [0.25, 0.3) is 0 Å². The van der Waals surface area contributed by atoms with E-state index in [0.717, 1.165) is 6.42 Å². The predicted molar refractivity (Wildman–Crippen MR) is 85.2 cm³/mol. The number of hydrogen-bond donors (Lipinski definition) is 0.